The van der Waals surface area contributed by atoms with Gasteiger partial charge in [-0.15, -0.1) is 0 Å². The molecule has 17 heavy (non-hydrogen) atoms. The molecule has 4 nitrogen and oxygen atoms in total. The predicted octanol–water partition coefficient (Wildman–Crippen LogP) is 2.08. The zero-order valence-corrected chi connectivity index (χ0v) is 10.4. The molecule has 0 amide bonds. The molecule has 0 heterocycles. The van der Waals surface area contributed by atoms with Crippen molar-refractivity contribution in [3.63, 3.8) is 0 Å². The van der Waals surface area contributed by atoms with E-state index in [0.29, 0.717) is 18.8 Å². The zero-order chi connectivity index (χ0) is 12.8. The number of carbonyl (C=O) groups excluding carboxylic acids is 2. The number of hydrogen-bond donors (Lipinski definition) is 0. The quantitative estimate of drug-likeness (QED) is 0.702. The summed E-state index contributed by atoms with van der Waals surface area (Å²) < 4.78 is 4.65. The first-order valence-corrected chi connectivity index (χ1v) is 6.13. The second-order valence-electron chi connectivity index (χ2n) is 4.62. The van der Waals surface area contributed by atoms with Crippen LogP contribution < -0.4 is 0 Å². The van der Waals surface area contributed by atoms with Gasteiger partial charge in [0.25, 0.3) is 0 Å². The molecule has 4 heteroatoms. The number of nitrogens with zero attached hydrogens (tertiary/aromatic N) is 1. The molecule has 1 rings (SSSR count). The minimum atomic E-state index is -0.791. The number of esters is 1. The summed E-state index contributed by atoms with van der Waals surface area (Å²) in [6, 6.07) is 2.00. The molecule has 0 aliphatic heterocycles. The van der Waals surface area contributed by atoms with E-state index in [1.165, 1.54) is 7.11 Å². The molecule has 94 valence electrons. The zero-order valence-electron chi connectivity index (χ0n) is 10.4. The minimum Gasteiger partial charge on any atom is -0.468 e. The largest absolute Gasteiger partial charge is 0.468 e. The fourth-order valence-corrected chi connectivity index (χ4v) is 2.66. The van der Waals surface area contributed by atoms with E-state index in [4.69, 9.17) is 5.26 Å². The molecule has 0 radical (unpaired) electrons. The normalized spacial score (nSPS) is 26.1. The number of ether oxygens (including phenoxy) is 1. The van der Waals surface area contributed by atoms with Gasteiger partial charge in [0.2, 0.25) is 0 Å². The van der Waals surface area contributed by atoms with Crippen molar-refractivity contribution in [1.82, 2.24) is 0 Å². The van der Waals surface area contributed by atoms with E-state index in [0.717, 1.165) is 19.3 Å². The fraction of sp³-hybridized carbons (Fsp3) is 0.769. The maximum absolute atomic E-state index is 11.5. The summed E-state index contributed by atoms with van der Waals surface area (Å²) in [5, 5.41) is 9.09. The maximum Gasteiger partial charge on any atom is 0.323 e. The van der Waals surface area contributed by atoms with Crippen molar-refractivity contribution in [3.05, 3.63) is 0 Å². The fourth-order valence-electron chi connectivity index (χ4n) is 2.66. The lowest BCUT2D eigenvalue weighted by atomic mass is 9.70. The summed E-state index contributed by atoms with van der Waals surface area (Å²) in [5.41, 5.74) is 0. The molecule has 1 aliphatic rings. The van der Waals surface area contributed by atoms with E-state index in [1.807, 2.05) is 6.07 Å². The van der Waals surface area contributed by atoms with Crippen molar-refractivity contribution < 1.29 is 14.3 Å². The highest BCUT2D eigenvalue weighted by atomic mass is 16.5. The van der Waals surface area contributed by atoms with Crippen molar-refractivity contribution in [2.75, 3.05) is 7.11 Å². The Morgan fingerprint density at radius 1 is 1.65 bits per heavy atom. The van der Waals surface area contributed by atoms with Gasteiger partial charge in [-0.05, 0) is 18.3 Å². The van der Waals surface area contributed by atoms with Gasteiger partial charge in [-0.2, -0.15) is 5.26 Å². The van der Waals surface area contributed by atoms with Gasteiger partial charge >= 0.3 is 5.97 Å². The van der Waals surface area contributed by atoms with Crippen LogP contribution >= 0.6 is 0 Å². The molecule has 0 aromatic rings. The highest BCUT2D eigenvalue weighted by Crippen LogP contribution is 2.36. The van der Waals surface area contributed by atoms with Gasteiger partial charge in [-0.1, -0.05) is 19.8 Å². The SMILES string of the molecule is CCCC1CCC(=O)CC1C(C#N)C(=O)OC. The summed E-state index contributed by atoms with van der Waals surface area (Å²) in [6.45, 7) is 2.08. The Kier molecular flexibility index (Phi) is 5.14. The smallest absolute Gasteiger partial charge is 0.323 e. The molecule has 1 fully saturated rings. The lowest BCUT2D eigenvalue weighted by molar-refractivity contribution is -0.146. The number of carbonyl (C=O) groups is 2. The van der Waals surface area contributed by atoms with Crippen LogP contribution in [0.1, 0.15) is 39.0 Å². The number of nitriles is 1. The third-order valence-corrected chi connectivity index (χ3v) is 3.54. The summed E-state index contributed by atoms with van der Waals surface area (Å²) in [7, 11) is 1.28. The highest BCUT2D eigenvalue weighted by molar-refractivity contribution is 5.82. The van der Waals surface area contributed by atoms with Gasteiger partial charge < -0.3 is 4.74 Å². The minimum absolute atomic E-state index is 0.159. The average Bonchev–Trinajstić information content (AvgIpc) is 2.33. The Hall–Kier alpha value is -1.37. The van der Waals surface area contributed by atoms with E-state index < -0.39 is 11.9 Å². The van der Waals surface area contributed by atoms with Crippen LogP contribution in [0.5, 0.6) is 0 Å². The van der Waals surface area contributed by atoms with Gasteiger partial charge in [-0.25, -0.2) is 0 Å². The summed E-state index contributed by atoms with van der Waals surface area (Å²) in [4.78, 5) is 23.0. The number of hydrogen-bond acceptors (Lipinski definition) is 4. The van der Waals surface area contributed by atoms with Crippen molar-refractivity contribution in [2.24, 2.45) is 17.8 Å². The van der Waals surface area contributed by atoms with Crippen molar-refractivity contribution in [3.8, 4) is 6.07 Å². The third-order valence-electron chi connectivity index (χ3n) is 3.54. The predicted molar refractivity (Wildman–Crippen MR) is 61.9 cm³/mol. The standard InChI is InChI=1S/C13H19NO3/c1-3-4-9-5-6-10(15)7-11(9)12(8-14)13(16)17-2/h9,11-12H,3-7H2,1-2H3. The van der Waals surface area contributed by atoms with Crippen LogP contribution in [0.4, 0.5) is 0 Å². The van der Waals surface area contributed by atoms with Gasteiger partial charge in [-0.3, -0.25) is 9.59 Å². The molecular formula is C13H19NO3. The second kappa shape index (κ2) is 6.39. The third kappa shape index (κ3) is 3.29. The molecule has 0 bridgehead atoms. The van der Waals surface area contributed by atoms with Crippen LogP contribution in [-0.2, 0) is 14.3 Å². The van der Waals surface area contributed by atoms with E-state index in [1.54, 1.807) is 0 Å². The van der Waals surface area contributed by atoms with Crippen LogP contribution in [0.15, 0.2) is 0 Å². The van der Waals surface area contributed by atoms with Crippen LogP contribution in [-0.4, -0.2) is 18.9 Å². The Bertz CT molecular complexity index is 332. The van der Waals surface area contributed by atoms with Crippen molar-refractivity contribution in [1.29, 1.82) is 5.26 Å². The van der Waals surface area contributed by atoms with Crippen LogP contribution in [0.2, 0.25) is 0 Å². The number of methoxy groups -OCH3 is 1. The molecule has 0 saturated heterocycles. The lowest BCUT2D eigenvalue weighted by Gasteiger charge is -2.32. The van der Waals surface area contributed by atoms with E-state index >= 15 is 0 Å². The summed E-state index contributed by atoms with van der Waals surface area (Å²) in [6.07, 6.45) is 3.70. The first-order chi connectivity index (χ1) is 8.13. The van der Waals surface area contributed by atoms with E-state index in [9.17, 15) is 9.59 Å². The van der Waals surface area contributed by atoms with Gasteiger partial charge in [0.1, 0.15) is 11.7 Å². The second-order valence-corrected chi connectivity index (χ2v) is 4.62. The number of Topliss-reactive ketones (excluding diaryl/α,β-unsaturated/α-hetero) is 1. The first-order valence-electron chi connectivity index (χ1n) is 6.13. The Balaban J connectivity index is 2.83. The Morgan fingerprint density at radius 2 is 2.35 bits per heavy atom. The maximum atomic E-state index is 11.5. The number of ketones is 1. The summed E-state index contributed by atoms with van der Waals surface area (Å²) in [5.74, 6) is -1.00. The highest BCUT2D eigenvalue weighted by Gasteiger charge is 2.38. The van der Waals surface area contributed by atoms with Crippen molar-refractivity contribution >= 4 is 11.8 Å². The molecule has 3 unspecified atom stereocenters. The molecule has 0 spiro atoms. The molecule has 0 aromatic heterocycles. The monoisotopic (exact) mass is 237 g/mol. The van der Waals surface area contributed by atoms with E-state index in [-0.39, 0.29) is 11.7 Å². The first kappa shape index (κ1) is 13.7. The van der Waals surface area contributed by atoms with Gasteiger partial charge in [0.15, 0.2) is 0 Å². The Morgan fingerprint density at radius 3 is 2.88 bits per heavy atom. The van der Waals surface area contributed by atoms with Crippen molar-refractivity contribution in [2.45, 2.75) is 39.0 Å². The summed E-state index contributed by atoms with van der Waals surface area (Å²) >= 11 is 0. The van der Waals surface area contributed by atoms with Gasteiger partial charge in [0, 0.05) is 12.8 Å². The molecule has 1 saturated carbocycles. The van der Waals surface area contributed by atoms with Crippen LogP contribution in [0.25, 0.3) is 0 Å². The Labute approximate surface area is 102 Å². The lowest BCUT2D eigenvalue weighted by Crippen LogP contribution is -2.34. The molecular weight excluding hydrogens is 218 g/mol. The number of rotatable bonds is 4. The van der Waals surface area contributed by atoms with Crippen LogP contribution in [0.3, 0.4) is 0 Å². The van der Waals surface area contributed by atoms with Crippen LogP contribution in [0, 0.1) is 29.1 Å². The topological polar surface area (TPSA) is 67.2 Å². The molecule has 3 atom stereocenters. The van der Waals surface area contributed by atoms with Gasteiger partial charge in [0.05, 0.1) is 13.2 Å². The molecule has 1 aliphatic carbocycles. The van der Waals surface area contributed by atoms with E-state index in [2.05, 4.69) is 11.7 Å². The molecule has 0 N–H and O–H groups in total. The average molecular weight is 237 g/mol. The molecule has 0 aromatic carbocycles.